The van der Waals surface area contributed by atoms with E-state index in [0.717, 1.165) is 12.1 Å². The van der Waals surface area contributed by atoms with Crippen LogP contribution < -0.4 is 20.6 Å². The Kier molecular flexibility index (Phi) is 13.1. The summed E-state index contributed by atoms with van der Waals surface area (Å²) >= 11 is 0. The number of hydrogen-bond acceptors (Lipinski definition) is 8. The van der Waals surface area contributed by atoms with Crippen LogP contribution in [0.4, 0.5) is 10.5 Å². The summed E-state index contributed by atoms with van der Waals surface area (Å²) in [7, 11) is 0. The van der Waals surface area contributed by atoms with E-state index in [0.29, 0.717) is 18.9 Å². The van der Waals surface area contributed by atoms with Crippen molar-refractivity contribution in [3.63, 3.8) is 0 Å². The molecule has 0 atom stereocenters. The maximum absolute atomic E-state index is 10.3. The second kappa shape index (κ2) is 14.5. The van der Waals surface area contributed by atoms with Gasteiger partial charge in [0.05, 0.1) is 18.5 Å². The number of carbonyl (C=O) groups excluding carboxylic acids is 3. The van der Waals surface area contributed by atoms with Crippen molar-refractivity contribution in [3.8, 4) is 0 Å². The summed E-state index contributed by atoms with van der Waals surface area (Å²) < 4.78 is 5.19. The van der Waals surface area contributed by atoms with Crippen LogP contribution in [0.5, 0.6) is 0 Å². The number of para-hydroxylation sites is 1. The molecule has 0 aliphatic carbocycles. The van der Waals surface area contributed by atoms with Gasteiger partial charge in [0.25, 0.3) is 0 Å². The summed E-state index contributed by atoms with van der Waals surface area (Å²) in [6, 6.07) is 7.06. The summed E-state index contributed by atoms with van der Waals surface area (Å²) in [5.74, 6) is -4.37. The van der Waals surface area contributed by atoms with E-state index >= 15 is 0 Å². The van der Waals surface area contributed by atoms with E-state index in [1.165, 1.54) is 25.9 Å². The number of carbonyl (C=O) groups is 3. The summed E-state index contributed by atoms with van der Waals surface area (Å²) in [5.41, 5.74) is 1.32. The Hall–Kier alpha value is -2.65. The number of nitrogens with zero attached hydrogens (tertiary/aromatic N) is 1. The molecule has 1 saturated heterocycles. The van der Waals surface area contributed by atoms with Gasteiger partial charge in [-0.25, -0.2) is 0 Å². The van der Waals surface area contributed by atoms with Crippen molar-refractivity contribution in [3.05, 3.63) is 36.8 Å². The van der Waals surface area contributed by atoms with E-state index < -0.39 is 18.0 Å². The minimum Gasteiger partial charge on any atom is -0.543 e. The molecule has 1 aromatic carbocycles. The third-order valence-electron chi connectivity index (χ3n) is 3.40. The average Bonchev–Trinajstić information content (AvgIpc) is 3.15. The third-order valence-corrected chi connectivity index (χ3v) is 3.40. The summed E-state index contributed by atoms with van der Waals surface area (Å²) in [6.07, 6.45) is 1.46. The van der Waals surface area contributed by atoms with Gasteiger partial charge >= 0.3 is 0 Å². The Morgan fingerprint density at radius 2 is 1.67 bits per heavy atom. The van der Waals surface area contributed by atoms with Crippen LogP contribution >= 0.6 is 0 Å². The summed E-state index contributed by atoms with van der Waals surface area (Å²) in [6.45, 7) is 10.2. The number of nitrogens with one attached hydrogen (secondary N) is 1. The monoisotopic (exact) mass is 380 g/mol. The van der Waals surface area contributed by atoms with E-state index in [1.54, 1.807) is 18.2 Å². The van der Waals surface area contributed by atoms with Crippen LogP contribution in [-0.4, -0.2) is 49.2 Å². The van der Waals surface area contributed by atoms with E-state index in [9.17, 15) is 9.90 Å². The van der Waals surface area contributed by atoms with E-state index in [-0.39, 0.29) is 0 Å². The molecule has 151 valence electrons. The predicted molar refractivity (Wildman–Crippen MR) is 91.8 cm³/mol. The zero-order valence-electron chi connectivity index (χ0n) is 15.3. The number of likely N-dealkylation sites (tertiary alicyclic amines) is 1. The first kappa shape index (κ1) is 24.4. The van der Waals surface area contributed by atoms with Crippen LogP contribution in [-0.2, 0) is 20.9 Å². The van der Waals surface area contributed by atoms with Gasteiger partial charge in [-0.05, 0) is 52.4 Å². The Morgan fingerprint density at radius 3 is 2.07 bits per heavy atom. The molecule has 27 heavy (non-hydrogen) atoms. The molecule has 0 spiro atoms. The number of amides is 1. The van der Waals surface area contributed by atoms with Crippen molar-refractivity contribution < 1.29 is 34.4 Å². The number of hydrogen-bond donors (Lipinski definition) is 1. The molecule has 1 radical (unpaired) electrons. The highest BCUT2D eigenvalue weighted by atomic mass is 16.5. The first-order chi connectivity index (χ1) is 12.8. The number of aliphatic carboxylic acids is 2. The molecule has 0 aromatic heterocycles. The normalized spacial score (nSPS) is 12.8. The fourth-order valence-corrected chi connectivity index (χ4v) is 2.10. The quantitative estimate of drug-likeness (QED) is 0.600. The smallest absolute Gasteiger partial charge is 0.138 e. The van der Waals surface area contributed by atoms with Gasteiger partial charge in [-0.1, -0.05) is 18.2 Å². The molecule has 0 unspecified atom stereocenters. The standard InChI is InChI=1S/C10H13NO3.C6H12N.C2H2O4/c1-2-14-7-8-5-3-4-6-9(8)11-10(12)13;1-2-7-5-3-4-6-7;3-1(4)2(5)6/h3-6,11H,2,7H2,1H3,(H,12,13);1-6H2;(H,3,4)(H,5,6)/p-3. The molecule has 1 aliphatic heterocycles. The highest BCUT2D eigenvalue weighted by molar-refractivity contribution is 6.25. The highest BCUT2D eigenvalue weighted by Gasteiger charge is 2.07. The van der Waals surface area contributed by atoms with E-state index in [1.807, 2.05) is 13.0 Å². The van der Waals surface area contributed by atoms with Gasteiger partial charge in [0.1, 0.15) is 6.09 Å². The molecule has 1 N–H and O–H groups in total. The molecule has 9 nitrogen and oxygen atoms in total. The fourth-order valence-electron chi connectivity index (χ4n) is 2.10. The predicted octanol–water partition coefficient (Wildman–Crippen LogP) is -1.62. The molecular formula is C18H24N2O7-3. The molecule has 1 heterocycles. The van der Waals surface area contributed by atoms with Crippen LogP contribution in [0.2, 0.25) is 0 Å². The summed E-state index contributed by atoms with van der Waals surface area (Å²) in [5, 5.41) is 30.4. The van der Waals surface area contributed by atoms with Crippen molar-refractivity contribution in [2.45, 2.75) is 26.4 Å². The van der Waals surface area contributed by atoms with Crippen molar-refractivity contribution >= 4 is 23.7 Å². The Labute approximate surface area is 158 Å². The molecule has 1 fully saturated rings. The van der Waals surface area contributed by atoms with Crippen LogP contribution in [0.1, 0.15) is 25.3 Å². The van der Waals surface area contributed by atoms with Crippen LogP contribution in [0.25, 0.3) is 0 Å². The maximum Gasteiger partial charge on any atom is 0.138 e. The Bertz CT molecular complexity index is 575. The van der Waals surface area contributed by atoms with Gasteiger partial charge in [-0.2, -0.15) is 0 Å². The zero-order chi connectivity index (χ0) is 20.7. The largest absolute Gasteiger partial charge is 0.543 e. The lowest BCUT2D eigenvalue weighted by Crippen LogP contribution is -2.42. The number of carboxylic acids is 2. The lowest BCUT2D eigenvalue weighted by molar-refractivity contribution is -0.345. The van der Waals surface area contributed by atoms with Gasteiger partial charge in [-0.15, -0.1) is 0 Å². The SMILES string of the molecule is CCOCc1ccccc1NC(=O)[O-].O=C([O-])C(=O)[O-].[CH2]CN1CCCC1. The van der Waals surface area contributed by atoms with Crippen molar-refractivity contribution in [1.82, 2.24) is 4.90 Å². The highest BCUT2D eigenvalue weighted by Crippen LogP contribution is 2.15. The third kappa shape index (κ3) is 12.4. The number of ether oxygens (including phenoxy) is 1. The minimum absolute atomic E-state index is 0.396. The van der Waals surface area contributed by atoms with Crippen molar-refractivity contribution in [1.29, 1.82) is 0 Å². The summed E-state index contributed by atoms with van der Waals surface area (Å²) in [4.78, 5) is 30.6. The second-order valence-corrected chi connectivity index (χ2v) is 5.33. The van der Waals surface area contributed by atoms with Crippen molar-refractivity contribution in [2.75, 3.05) is 31.6 Å². The fraction of sp³-hybridized carbons (Fsp3) is 0.444. The molecule has 1 aliphatic rings. The van der Waals surface area contributed by atoms with Gasteiger partial charge in [0, 0.05) is 17.9 Å². The first-order valence-electron chi connectivity index (χ1n) is 8.39. The molecule has 0 bridgehead atoms. The molecule has 2 rings (SSSR count). The Morgan fingerprint density at radius 1 is 1.11 bits per heavy atom. The second-order valence-electron chi connectivity index (χ2n) is 5.33. The van der Waals surface area contributed by atoms with Crippen LogP contribution in [0, 0.1) is 6.92 Å². The molecule has 1 amide bonds. The molecule has 1 aromatic rings. The first-order valence-corrected chi connectivity index (χ1v) is 8.39. The van der Waals surface area contributed by atoms with E-state index in [4.69, 9.17) is 24.5 Å². The number of benzene rings is 1. The van der Waals surface area contributed by atoms with Gasteiger partial charge in [0.2, 0.25) is 0 Å². The lowest BCUT2D eigenvalue weighted by Gasteiger charge is -2.11. The molecule has 0 saturated carbocycles. The maximum atomic E-state index is 10.3. The lowest BCUT2D eigenvalue weighted by atomic mass is 10.2. The topological polar surface area (TPSA) is 145 Å². The molecular weight excluding hydrogens is 356 g/mol. The van der Waals surface area contributed by atoms with Gasteiger partial charge < -0.3 is 44.7 Å². The van der Waals surface area contributed by atoms with Gasteiger partial charge in [0.15, 0.2) is 0 Å². The number of carboxylic acid groups (broad SMARTS) is 3. The minimum atomic E-state index is -2.19. The number of anilines is 1. The molecule has 9 heteroatoms. The zero-order valence-corrected chi connectivity index (χ0v) is 15.3. The van der Waals surface area contributed by atoms with Crippen LogP contribution in [0.15, 0.2) is 24.3 Å². The number of rotatable bonds is 5. The van der Waals surface area contributed by atoms with Crippen molar-refractivity contribution in [2.24, 2.45) is 0 Å². The average molecular weight is 380 g/mol. The van der Waals surface area contributed by atoms with Gasteiger partial charge in [-0.3, -0.25) is 0 Å². The van der Waals surface area contributed by atoms with E-state index in [2.05, 4.69) is 17.1 Å². The van der Waals surface area contributed by atoms with Crippen LogP contribution in [0.3, 0.4) is 0 Å². The Balaban J connectivity index is 0.000000433.